The van der Waals surface area contributed by atoms with Gasteiger partial charge in [0.15, 0.2) is 11.5 Å². The molecule has 0 fully saturated rings. The minimum atomic E-state index is -0.726. The minimum Gasteiger partial charge on any atom is -0.493 e. The van der Waals surface area contributed by atoms with Gasteiger partial charge >= 0.3 is 6.09 Å². The zero-order chi connectivity index (χ0) is 24.9. The van der Waals surface area contributed by atoms with Gasteiger partial charge in [0, 0.05) is 30.7 Å². The van der Waals surface area contributed by atoms with E-state index in [9.17, 15) is 4.79 Å². The molecule has 1 unspecified atom stereocenters. The number of hydrogen-bond donors (Lipinski definition) is 0. The number of amides is 1. The Hall–Kier alpha value is -3.70. The lowest BCUT2D eigenvalue weighted by Gasteiger charge is -2.14. The number of nitrogens with zero attached hydrogens (tertiary/aromatic N) is 4. The number of carbonyl (C=O) groups excluding carboxylic acids is 1. The number of aromatic nitrogens is 2. The maximum absolute atomic E-state index is 12.0. The second-order valence-electron chi connectivity index (χ2n) is 7.37. The number of carbonyl (C=O) groups is 1. The van der Waals surface area contributed by atoms with Gasteiger partial charge < -0.3 is 23.5 Å². The third-order valence-electron chi connectivity index (χ3n) is 5.24. The van der Waals surface area contributed by atoms with E-state index in [1.54, 1.807) is 27.2 Å². The van der Waals surface area contributed by atoms with Gasteiger partial charge in [-0.2, -0.15) is 9.98 Å². The van der Waals surface area contributed by atoms with Crippen LogP contribution in [0.1, 0.15) is 23.1 Å². The predicted octanol–water partition coefficient (Wildman–Crippen LogP) is 4.78. The van der Waals surface area contributed by atoms with Gasteiger partial charge in [-0.25, -0.2) is 9.79 Å². The molecule has 1 aromatic heterocycles. The summed E-state index contributed by atoms with van der Waals surface area (Å²) in [5.74, 6) is 2.13. The average Bonchev–Trinajstić information content (AvgIpc) is 3.51. The Kier molecular flexibility index (Phi) is 7.47. The Labute approximate surface area is 206 Å². The molecule has 182 valence electrons. The number of fused-ring (bicyclic) bond motifs is 1. The molecule has 4 rings (SSSR count). The van der Waals surface area contributed by atoms with E-state index < -0.39 is 6.09 Å². The van der Waals surface area contributed by atoms with Crippen molar-refractivity contribution in [2.75, 3.05) is 34.2 Å². The molecule has 35 heavy (non-hydrogen) atoms. The Morgan fingerprint density at radius 1 is 1.17 bits per heavy atom. The fourth-order valence-corrected chi connectivity index (χ4v) is 4.06. The molecule has 10 nitrogen and oxygen atoms in total. The largest absolute Gasteiger partial charge is 0.493 e. The third kappa shape index (κ3) is 5.20. The summed E-state index contributed by atoms with van der Waals surface area (Å²) in [6.07, 6.45) is 0.828. The van der Waals surface area contributed by atoms with Crippen LogP contribution in [0.4, 0.5) is 10.5 Å². The molecule has 0 bridgehead atoms. The quantitative estimate of drug-likeness (QED) is 0.351. The van der Waals surface area contributed by atoms with E-state index in [2.05, 4.69) is 15.1 Å². The molecule has 0 spiro atoms. The maximum Gasteiger partial charge on any atom is 0.434 e. The Morgan fingerprint density at radius 3 is 2.54 bits per heavy atom. The van der Waals surface area contributed by atoms with Crippen LogP contribution in [0.2, 0.25) is 0 Å². The van der Waals surface area contributed by atoms with Gasteiger partial charge in [0.2, 0.25) is 11.7 Å². The smallest absolute Gasteiger partial charge is 0.434 e. The third-order valence-corrected chi connectivity index (χ3v) is 5.92. The highest BCUT2D eigenvalue weighted by Crippen LogP contribution is 2.43. The van der Waals surface area contributed by atoms with E-state index in [1.165, 1.54) is 18.9 Å². The second-order valence-corrected chi connectivity index (χ2v) is 8.16. The molecule has 2 aromatic carbocycles. The summed E-state index contributed by atoms with van der Waals surface area (Å²) >= 11 is 1.27. The molecular formula is C24H24N4O6S. The summed E-state index contributed by atoms with van der Waals surface area (Å²) in [7, 11) is 4.46. The first kappa shape index (κ1) is 24.4. The van der Waals surface area contributed by atoms with Crippen LogP contribution in [0.5, 0.6) is 11.5 Å². The van der Waals surface area contributed by atoms with Gasteiger partial charge in [-0.3, -0.25) is 0 Å². The highest BCUT2D eigenvalue weighted by atomic mass is 32.2. The average molecular weight is 497 g/mol. The standard InChI is InChI=1S/C24H24N4O6S/c1-13-25-22(28-34-13)14-6-8-16(9-7-14)26-20(23(35-5)27-24(29)32-4)15-10-17-19(31-3)12-33-21(17)18(11-15)30-2/h6-11,19H,12H2,1-5H3/b26-20-,27-23-. The first-order valence-corrected chi connectivity index (χ1v) is 11.8. The van der Waals surface area contributed by atoms with E-state index in [1.807, 2.05) is 36.6 Å². The van der Waals surface area contributed by atoms with Crippen molar-refractivity contribution in [3.63, 3.8) is 0 Å². The summed E-state index contributed by atoms with van der Waals surface area (Å²) in [5, 5.41) is 4.32. The zero-order valence-corrected chi connectivity index (χ0v) is 20.7. The van der Waals surface area contributed by atoms with E-state index in [-0.39, 0.29) is 6.10 Å². The van der Waals surface area contributed by atoms with Crippen LogP contribution >= 0.6 is 11.8 Å². The molecular weight excluding hydrogens is 472 g/mol. The predicted molar refractivity (Wildman–Crippen MR) is 132 cm³/mol. The lowest BCUT2D eigenvalue weighted by atomic mass is 10.0. The summed E-state index contributed by atoms with van der Waals surface area (Å²) < 4.78 is 26.7. The highest BCUT2D eigenvalue weighted by molar-refractivity contribution is 8.15. The van der Waals surface area contributed by atoms with Gasteiger partial charge in [0.1, 0.15) is 23.5 Å². The number of benzene rings is 2. The number of methoxy groups -OCH3 is 3. The Balaban J connectivity index is 1.83. The molecule has 0 radical (unpaired) electrons. The van der Waals surface area contributed by atoms with Crippen molar-refractivity contribution in [3.8, 4) is 22.9 Å². The number of aliphatic imine (C=N–C) groups is 2. The fourth-order valence-electron chi connectivity index (χ4n) is 3.54. The Morgan fingerprint density at radius 2 is 1.94 bits per heavy atom. The molecule has 0 saturated heterocycles. The van der Waals surface area contributed by atoms with Crippen molar-refractivity contribution >= 4 is 34.3 Å². The van der Waals surface area contributed by atoms with Crippen LogP contribution in [0, 0.1) is 6.92 Å². The topological polar surface area (TPSA) is 118 Å². The zero-order valence-electron chi connectivity index (χ0n) is 19.9. The van der Waals surface area contributed by atoms with E-state index in [4.69, 9.17) is 28.5 Å². The SMILES string of the molecule is COC(=O)/N=C(SC)/C(=N\c1ccc(-c2noc(C)n2)cc1)c1cc(OC)c2c(c1)C(OC)CO2. The lowest BCUT2D eigenvalue weighted by Crippen LogP contribution is -2.15. The summed E-state index contributed by atoms with van der Waals surface area (Å²) in [4.78, 5) is 25.2. The van der Waals surface area contributed by atoms with Crippen molar-refractivity contribution in [1.29, 1.82) is 0 Å². The van der Waals surface area contributed by atoms with E-state index in [0.717, 1.165) is 11.1 Å². The first-order chi connectivity index (χ1) is 17.0. The molecule has 2 heterocycles. The van der Waals surface area contributed by atoms with Gasteiger partial charge in [-0.1, -0.05) is 5.16 Å². The van der Waals surface area contributed by atoms with Crippen LogP contribution < -0.4 is 9.47 Å². The van der Waals surface area contributed by atoms with Crippen molar-refractivity contribution in [1.82, 2.24) is 10.1 Å². The number of hydrogen-bond acceptors (Lipinski definition) is 10. The van der Waals surface area contributed by atoms with Gasteiger partial charge in [0.05, 0.1) is 19.9 Å². The summed E-state index contributed by atoms with van der Waals surface area (Å²) in [6, 6.07) is 11.0. The normalized spacial score (nSPS) is 15.5. The van der Waals surface area contributed by atoms with Crippen LogP contribution in [0.25, 0.3) is 11.4 Å². The number of ether oxygens (including phenoxy) is 4. The molecule has 3 aromatic rings. The molecule has 1 aliphatic heterocycles. The minimum absolute atomic E-state index is 0.256. The molecule has 11 heteroatoms. The molecule has 1 amide bonds. The monoisotopic (exact) mass is 496 g/mol. The van der Waals surface area contributed by atoms with Crippen molar-refractivity contribution in [3.05, 3.63) is 53.4 Å². The Bertz CT molecular complexity index is 1290. The van der Waals surface area contributed by atoms with Crippen molar-refractivity contribution in [2.24, 2.45) is 9.98 Å². The highest BCUT2D eigenvalue weighted by Gasteiger charge is 2.29. The molecule has 0 aliphatic carbocycles. The van der Waals surface area contributed by atoms with Crippen LogP contribution in [0.15, 0.2) is 50.9 Å². The summed E-state index contributed by atoms with van der Waals surface area (Å²) in [5.41, 5.74) is 3.40. The molecule has 1 atom stereocenters. The van der Waals surface area contributed by atoms with Crippen LogP contribution in [-0.4, -0.2) is 61.2 Å². The number of thioether (sulfide) groups is 1. The fraction of sp³-hybridized carbons (Fsp3) is 0.292. The van der Waals surface area contributed by atoms with Gasteiger partial charge in [0.25, 0.3) is 0 Å². The van der Waals surface area contributed by atoms with Crippen LogP contribution in [-0.2, 0) is 9.47 Å². The molecule has 1 aliphatic rings. The van der Waals surface area contributed by atoms with Crippen molar-refractivity contribution in [2.45, 2.75) is 13.0 Å². The lowest BCUT2D eigenvalue weighted by molar-refractivity contribution is 0.0814. The van der Waals surface area contributed by atoms with E-state index >= 15 is 0 Å². The second kappa shape index (κ2) is 10.7. The molecule has 0 N–H and O–H groups in total. The van der Waals surface area contributed by atoms with Gasteiger partial charge in [-0.15, -0.1) is 11.8 Å². The number of aryl methyl sites for hydroxylation is 1. The first-order valence-electron chi connectivity index (χ1n) is 10.6. The van der Waals surface area contributed by atoms with Crippen molar-refractivity contribution < 1.29 is 28.3 Å². The number of rotatable bonds is 6. The summed E-state index contributed by atoms with van der Waals surface area (Å²) in [6.45, 7) is 2.11. The van der Waals surface area contributed by atoms with Crippen LogP contribution in [0.3, 0.4) is 0 Å². The maximum atomic E-state index is 12.0. The van der Waals surface area contributed by atoms with E-state index in [0.29, 0.717) is 51.8 Å². The molecule has 0 saturated carbocycles. The van der Waals surface area contributed by atoms with Gasteiger partial charge in [-0.05, 0) is 42.7 Å².